The molecule has 0 aromatic carbocycles. The fourth-order valence-corrected chi connectivity index (χ4v) is 4.16. The summed E-state index contributed by atoms with van der Waals surface area (Å²) in [5.74, 6) is 4.69. The Balaban J connectivity index is 1.98. The molecule has 3 atom stereocenters. The van der Waals surface area contributed by atoms with Crippen molar-refractivity contribution in [3.05, 3.63) is 0 Å². The predicted molar refractivity (Wildman–Crippen MR) is 70.2 cm³/mol. The summed E-state index contributed by atoms with van der Waals surface area (Å²) in [6, 6.07) is 0. The zero-order chi connectivity index (χ0) is 11.5. The van der Waals surface area contributed by atoms with Gasteiger partial charge in [-0.25, -0.2) is 0 Å². The van der Waals surface area contributed by atoms with Gasteiger partial charge in [0.1, 0.15) is 0 Å². The Labute approximate surface area is 101 Å². The summed E-state index contributed by atoms with van der Waals surface area (Å²) >= 11 is 0. The summed E-state index contributed by atoms with van der Waals surface area (Å²) in [7, 11) is 0. The third-order valence-corrected chi connectivity index (χ3v) is 5.34. The van der Waals surface area contributed by atoms with Crippen molar-refractivity contribution in [3.8, 4) is 0 Å². The number of nitrogens with two attached hydrogens (primary N) is 1. The monoisotopic (exact) mass is 223 g/mol. The molecule has 2 aliphatic rings. The molecule has 1 heteroatoms. The average molecular weight is 223 g/mol. The minimum absolute atomic E-state index is 0.845. The van der Waals surface area contributed by atoms with Crippen LogP contribution in [-0.4, -0.2) is 6.54 Å². The zero-order valence-corrected chi connectivity index (χ0v) is 11.1. The lowest BCUT2D eigenvalue weighted by atomic mass is 9.66. The Morgan fingerprint density at radius 2 is 1.75 bits per heavy atom. The molecule has 0 aromatic rings. The SMILES string of the molecule is CC(C)C1CCC(CN)C(C2CCCC2)C1. The summed E-state index contributed by atoms with van der Waals surface area (Å²) in [4.78, 5) is 0. The second-order valence-electron chi connectivity index (χ2n) is 6.52. The first kappa shape index (κ1) is 12.4. The van der Waals surface area contributed by atoms with Crippen molar-refractivity contribution in [1.82, 2.24) is 0 Å². The smallest absolute Gasteiger partial charge is 0.00461 e. The molecule has 0 aromatic heterocycles. The summed E-state index contributed by atoms with van der Waals surface area (Å²) in [6.45, 7) is 5.74. The first-order valence-corrected chi connectivity index (χ1v) is 7.42. The number of rotatable bonds is 3. The molecule has 0 radical (unpaired) electrons. The molecule has 0 saturated heterocycles. The van der Waals surface area contributed by atoms with Crippen LogP contribution in [0.4, 0.5) is 0 Å². The zero-order valence-electron chi connectivity index (χ0n) is 11.1. The van der Waals surface area contributed by atoms with E-state index in [0.29, 0.717) is 0 Å². The Kier molecular flexibility index (Phi) is 4.29. The second-order valence-corrected chi connectivity index (χ2v) is 6.52. The molecule has 94 valence electrons. The quantitative estimate of drug-likeness (QED) is 0.773. The molecule has 2 rings (SSSR count). The van der Waals surface area contributed by atoms with Crippen molar-refractivity contribution in [3.63, 3.8) is 0 Å². The molecule has 0 spiro atoms. The summed E-state index contributed by atoms with van der Waals surface area (Å²) < 4.78 is 0. The fraction of sp³-hybridized carbons (Fsp3) is 1.00. The normalized spacial score (nSPS) is 37.1. The molecule has 3 unspecified atom stereocenters. The number of hydrogen-bond acceptors (Lipinski definition) is 1. The molecule has 0 amide bonds. The van der Waals surface area contributed by atoms with Gasteiger partial charge in [-0.15, -0.1) is 0 Å². The topological polar surface area (TPSA) is 26.0 Å². The van der Waals surface area contributed by atoms with E-state index in [1.165, 1.54) is 44.9 Å². The molecule has 0 heterocycles. The van der Waals surface area contributed by atoms with Crippen LogP contribution in [0.2, 0.25) is 0 Å². The van der Waals surface area contributed by atoms with Crippen LogP contribution in [0.1, 0.15) is 58.8 Å². The average Bonchev–Trinajstić information content (AvgIpc) is 2.81. The minimum atomic E-state index is 0.845. The van der Waals surface area contributed by atoms with Gasteiger partial charge in [0, 0.05) is 0 Å². The third-order valence-electron chi connectivity index (χ3n) is 5.34. The van der Waals surface area contributed by atoms with Gasteiger partial charge in [0.25, 0.3) is 0 Å². The minimum Gasteiger partial charge on any atom is -0.330 e. The van der Waals surface area contributed by atoms with Gasteiger partial charge >= 0.3 is 0 Å². The van der Waals surface area contributed by atoms with Crippen molar-refractivity contribution < 1.29 is 0 Å². The van der Waals surface area contributed by atoms with Crippen molar-refractivity contribution >= 4 is 0 Å². The van der Waals surface area contributed by atoms with Gasteiger partial charge in [0.05, 0.1) is 0 Å². The summed E-state index contributed by atoms with van der Waals surface area (Å²) in [5, 5.41) is 0. The van der Waals surface area contributed by atoms with Gasteiger partial charge < -0.3 is 5.73 Å². The summed E-state index contributed by atoms with van der Waals surface area (Å²) in [5.41, 5.74) is 5.98. The molecule has 2 N–H and O–H groups in total. The van der Waals surface area contributed by atoms with Gasteiger partial charge in [-0.2, -0.15) is 0 Å². The largest absolute Gasteiger partial charge is 0.330 e. The molecule has 0 aliphatic heterocycles. The highest BCUT2D eigenvalue weighted by molar-refractivity contribution is 4.87. The van der Waals surface area contributed by atoms with Crippen LogP contribution < -0.4 is 5.73 Å². The molecule has 1 nitrogen and oxygen atoms in total. The fourth-order valence-electron chi connectivity index (χ4n) is 4.16. The molecule has 16 heavy (non-hydrogen) atoms. The highest BCUT2D eigenvalue weighted by atomic mass is 14.6. The van der Waals surface area contributed by atoms with Crippen LogP contribution in [0.15, 0.2) is 0 Å². The van der Waals surface area contributed by atoms with Crippen LogP contribution >= 0.6 is 0 Å². The highest BCUT2D eigenvalue weighted by Crippen LogP contribution is 2.45. The molecule has 2 aliphatic carbocycles. The second kappa shape index (κ2) is 5.53. The Hall–Kier alpha value is -0.0400. The standard InChI is InChI=1S/C15H29N/c1-11(2)13-7-8-14(10-16)15(9-13)12-5-3-4-6-12/h11-15H,3-10,16H2,1-2H3. The van der Waals surface area contributed by atoms with Crippen molar-refractivity contribution in [2.45, 2.75) is 58.8 Å². The summed E-state index contributed by atoms with van der Waals surface area (Å²) in [6.07, 6.45) is 10.3. The Bertz CT molecular complexity index is 203. The lowest BCUT2D eigenvalue weighted by Gasteiger charge is -2.40. The first-order chi connectivity index (χ1) is 7.72. The molecule has 2 saturated carbocycles. The van der Waals surface area contributed by atoms with Crippen LogP contribution in [-0.2, 0) is 0 Å². The maximum Gasteiger partial charge on any atom is -0.00461 e. The van der Waals surface area contributed by atoms with E-state index in [2.05, 4.69) is 13.8 Å². The van der Waals surface area contributed by atoms with E-state index in [1.54, 1.807) is 0 Å². The Morgan fingerprint density at radius 3 is 2.31 bits per heavy atom. The van der Waals surface area contributed by atoms with E-state index in [9.17, 15) is 0 Å². The highest BCUT2D eigenvalue weighted by Gasteiger charge is 2.36. The first-order valence-electron chi connectivity index (χ1n) is 7.42. The lowest BCUT2D eigenvalue weighted by Crippen LogP contribution is -2.35. The maximum absolute atomic E-state index is 5.98. The van der Waals surface area contributed by atoms with Crippen molar-refractivity contribution in [2.24, 2.45) is 35.3 Å². The van der Waals surface area contributed by atoms with E-state index < -0.39 is 0 Å². The van der Waals surface area contributed by atoms with Gasteiger partial charge in [0.15, 0.2) is 0 Å². The number of hydrogen-bond donors (Lipinski definition) is 1. The molecular formula is C15H29N. The van der Waals surface area contributed by atoms with E-state index in [-0.39, 0.29) is 0 Å². The van der Waals surface area contributed by atoms with Gasteiger partial charge in [-0.3, -0.25) is 0 Å². The maximum atomic E-state index is 5.98. The van der Waals surface area contributed by atoms with Crippen LogP contribution in [0.3, 0.4) is 0 Å². The van der Waals surface area contributed by atoms with Gasteiger partial charge in [-0.1, -0.05) is 39.5 Å². The van der Waals surface area contributed by atoms with Crippen molar-refractivity contribution in [1.29, 1.82) is 0 Å². The predicted octanol–water partition coefficient (Wildman–Crippen LogP) is 3.82. The lowest BCUT2D eigenvalue weighted by molar-refractivity contribution is 0.104. The van der Waals surface area contributed by atoms with Gasteiger partial charge in [-0.05, 0) is 55.4 Å². The molecule has 0 bridgehead atoms. The van der Waals surface area contributed by atoms with Gasteiger partial charge in [0.2, 0.25) is 0 Å². The van der Waals surface area contributed by atoms with E-state index in [1.807, 2.05) is 0 Å². The van der Waals surface area contributed by atoms with Crippen LogP contribution in [0.25, 0.3) is 0 Å². The Morgan fingerprint density at radius 1 is 1.06 bits per heavy atom. The van der Waals surface area contributed by atoms with E-state index in [4.69, 9.17) is 5.73 Å². The van der Waals surface area contributed by atoms with E-state index >= 15 is 0 Å². The third kappa shape index (κ3) is 2.61. The van der Waals surface area contributed by atoms with Crippen molar-refractivity contribution in [2.75, 3.05) is 6.54 Å². The van der Waals surface area contributed by atoms with Crippen LogP contribution in [0.5, 0.6) is 0 Å². The van der Waals surface area contributed by atoms with Crippen LogP contribution in [0, 0.1) is 29.6 Å². The van der Waals surface area contributed by atoms with E-state index in [0.717, 1.165) is 36.1 Å². The molecule has 2 fully saturated rings. The molecular weight excluding hydrogens is 194 g/mol.